The highest BCUT2D eigenvalue weighted by molar-refractivity contribution is 14.1. The van der Waals surface area contributed by atoms with Gasteiger partial charge in [-0.1, -0.05) is 53.8 Å². The number of fused-ring (bicyclic) bond motifs is 1. The van der Waals surface area contributed by atoms with E-state index in [-0.39, 0.29) is 12.2 Å². The fourth-order valence-corrected chi connectivity index (χ4v) is 6.58. The molecule has 0 saturated carbocycles. The molecule has 1 atom stereocenters. The van der Waals surface area contributed by atoms with Crippen molar-refractivity contribution in [2.75, 3.05) is 27.4 Å². The van der Waals surface area contributed by atoms with Crippen LogP contribution in [-0.2, 0) is 9.53 Å². The highest BCUT2D eigenvalue weighted by atomic mass is 127. The van der Waals surface area contributed by atoms with Crippen LogP contribution < -0.4 is 29.1 Å². The maximum atomic E-state index is 14.1. The molecule has 0 bridgehead atoms. The number of hydrogen-bond acceptors (Lipinski definition) is 8. The number of benzene rings is 3. The summed E-state index contributed by atoms with van der Waals surface area (Å²) in [6.45, 7) is 4.35. The van der Waals surface area contributed by atoms with Gasteiger partial charge in [0.15, 0.2) is 16.3 Å². The van der Waals surface area contributed by atoms with Crippen molar-refractivity contribution in [3.05, 3.63) is 112 Å². The highest BCUT2D eigenvalue weighted by Gasteiger charge is 2.35. The Labute approximate surface area is 260 Å². The van der Waals surface area contributed by atoms with Crippen LogP contribution >= 0.6 is 33.9 Å². The first-order chi connectivity index (χ1) is 20.4. The van der Waals surface area contributed by atoms with Crippen molar-refractivity contribution >= 4 is 51.7 Å². The minimum absolute atomic E-state index is 0.183. The number of nitrogens with zero attached hydrogens (tertiary/aromatic N) is 2. The van der Waals surface area contributed by atoms with E-state index in [4.69, 9.17) is 23.9 Å². The lowest BCUT2D eigenvalue weighted by Gasteiger charge is -2.26. The second kappa shape index (κ2) is 13.0. The summed E-state index contributed by atoms with van der Waals surface area (Å²) < 4.78 is 25.1. The summed E-state index contributed by atoms with van der Waals surface area (Å²) in [5.41, 5.74) is 2.76. The average molecular weight is 697 g/mol. The summed E-state index contributed by atoms with van der Waals surface area (Å²) in [6.07, 6.45) is 1.81. The molecule has 0 unspecified atom stereocenters. The maximum absolute atomic E-state index is 14.1. The van der Waals surface area contributed by atoms with Gasteiger partial charge in [-0.05, 0) is 77.9 Å². The molecule has 8 nitrogen and oxygen atoms in total. The van der Waals surface area contributed by atoms with Crippen LogP contribution in [0.1, 0.15) is 36.6 Å². The molecule has 0 radical (unpaired) electrons. The summed E-state index contributed by atoms with van der Waals surface area (Å²) in [4.78, 5) is 33.1. The van der Waals surface area contributed by atoms with Crippen molar-refractivity contribution in [1.29, 1.82) is 0 Å². The molecule has 4 aromatic rings. The standard InChI is InChI=1S/C32H29IN2O6S/c1-5-40-29-23(33)16-19(17-24(29)39-4)18-25-30(36)35-28(21-12-14-22(38-3)15-13-21)26(31(37)41-6-2)27(34-32(35)42-25)20-10-8-7-9-11-20/h7-18,28H,5-6H2,1-4H3/b25-18-/t28-/m0/s1. The molecule has 0 amide bonds. The lowest BCUT2D eigenvalue weighted by atomic mass is 9.93. The predicted octanol–water partition coefficient (Wildman–Crippen LogP) is 4.96. The van der Waals surface area contributed by atoms with Crippen LogP contribution in [-0.4, -0.2) is 38.0 Å². The van der Waals surface area contributed by atoms with Gasteiger partial charge in [-0.15, -0.1) is 0 Å². The molecule has 5 rings (SSSR count). The zero-order valence-electron chi connectivity index (χ0n) is 23.5. The summed E-state index contributed by atoms with van der Waals surface area (Å²) in [7, 11) is 3.18. The summed E-state index contributed by atoms with van der Waals surface area (Å²) in [5, 5.41) is 0. The summed E-state index contributed by atoms with van der Waals surface area (Å²) >= 11 is 3.46. The number of carbonyl (C=O) groups is 1. The van der Waals surface area contributed by atoms with Gasteiger partial charge in [0.2, 0.25) is 0 Å². The average Bonchev–Trinajstić information content (AvgIpc) is 3.32. The van der Waals surface area contributed by atoms with Gasteiger partial charge < -0.3 is 18.9 Å². The largest absolute Gasteiger partial charge is 0.497 e. The van der Waals surface area contributed by atoms with Gasteiger partial charge in [0.25, 0.3) is 5.56 Å². The van der Waals surface area contributed by atoms with Gasteiger partial charge in [-0.2, -0.15) is 0 Å². The van der Waals surface area contributed by atoms with Crippen LogP contribution in [0.4, 0.5) is 0 Å². The van der Waals surface area contributed by atoms with E-state index >= 15 is 0 Å². The van der Waals surface area contributed by atoms with Crippen LogP contribution in [0, 0.1) is 3.57 Å². The number of carbonyl (C=O) groups excluding carboxylic acids is 1. The molecule has 1 aliphatic heterocycles. The highest BCUT2D eigenvalue weighted by Crippen LogP contribution is 2.36. The van der Waals surface area contributed by atoms with E-state index in [1.54, 1.807) is 25.7 Å². The lowest BCUT2D eigenvalue weighted by Crippen LogP contribution is -2.40. The van der Waals surface area contributed by atoms with Crippen molar-refractivity contribution in [3.63, 3.8) is 0 Å². The molecule has 2 heterocycles. The maximum Gasteiger partial charge on any atom is 0.338 e. The number of aromatic nitrogens is 1. The van der Waals surface area contributed by atoms with Crippen LogP contribution in [0.3, 0.4) is 0 Å². The predicted molar refractivity (Wildman–Crippen MR) is 171 cm³/mol. The molecular weight excluding hydrogens is 667 g/mol. The number of methoxy groups -OCH3 is 2. The molecule has 0 fully saturated rings. The normalized spacial score (nSPS) is 14.7. The molecule has 0 saturated heterocycles. The monoisotopic (exact) mass is 696 g/mol. The molecule has 216 valence electrons. The molecule has 0 N–H and O–H groups in total. The Kier molecular flexibility index (Phi) is 9.12. The molecule has 0 spiro atoms. The number of thiazole rings is 1. The van der Waals surface area contributed by atoms with Gasteiger partial charge in [0.1, 0.15) is 5.75 Å². The van der Waals surface area contributed by atoms with Crippen molar-refractivity contribution in [1.82, 2.24) is 4.57 Å². The third-order valence-electron chi connectivity index (χ3n) is 6.64. The van der Waals surface area contributed by atoms with E-state index in [9.17, 15) is 9.59 Å². The molecule has 42 heavy (non-hydrogen) atoms. The van der Waals surface area contributed by atoms with Crippen molar-refractivity contribution in [2.24, 2.45) is 4.99 Å². The SMILES string of the molecule is CCOC(=O)C1=C(c2ccccc2)N=c2s/c(=C\c3cc(I)c(OCC)c(OC)c3)c(=O)n2[C@H]1c1ccc(OC)cc1. The smallest absolute Gasteiger partial charge is 0.338 e. The van der Waals surface area contributed by atoms with Crippen LogP contribution in [0.2, 0.25) is 0 Å². The Bertz CT molecular complexity index is 1830. The molecule has 10 heteroatoms. The van der Waals surface area contributed by atoms with Gasteiger partial charge in [-0.3, -0.25) is 9.36 Å². The zero-order chi connectivity index (χ0) is 29.8. The van der Waals surface area contributed by atoms with Crippen molar-refractivity contribution in [3.8, 4) is 17.2 Å². The Morgan fingerprint density at radius 3 is 2.40 bits per heavy atom. The lowest BCUT2D eigenvalue weighted by molar-refractivity contribution is -0.138. The Morgan fingerprint density at radius 2 is 1.76 bits per heavy atom. The molecule has 0 aliphatic carbocycles. The van der Waals surface area contributed by atoms with E-state index in [1.165, 1.54) is 11.3 Å². The minimum atomic E-state index is -0.765. The Balaban J connectivity index is 1.78. The number of halogens is 1. The van der Waals surface area contributed by atoms with E-state index in [0.717, 1.165) is 20.3 Å². The second-order valence-electron chi connectivity index (χ2n) is 9.17. The van der Waals surface area contributed by atoms with Crippen LogP contribution in [0.15, 0.2) is 82.1 Å². The van der Waals surface area contributed by atoms with Gasteiger partial charge in [0.05, 0.1) is 52.8 Å². The molecule has 3 aromatic carbocycles. The van der Waals surface area contributed by atoms with Crippen molar-refractivity contribution in [2.45, 2.75) is 19.9 Å². The van der Waals surface area contributed by atoms with Crippen molar-refractivity contribution < 1.29 is 23.7 Å². The van der Waals surface area contributed by atoms with Crippen LogP contribution in [0.5, 0.6) is 17.2 Å². The number of ether oxygens (including phenoxy) is 4. The topological polar surface area (TPSA) is 88.4 Å². The second-order valence-corrected chi connectivity index (χ2v) is 11.3. The first kappa shape index (κ1) is 29.6. The molecule has 1 aromatic heterocycles. The van der Waals surface area contributed by atoms with E-state index in [2.05, 4.69) is 22.6 Å². The van der Waals surface area contributed by atoms with Gasteiger partial charge >= 0.3 is 5.97 Å². The third-order valence-corrected chi connectivity index (χ3v) is 8.43. The number of hydrogen-bond donors (Lipinski definition) is 0. The zero-order valence-corrected chi connectivity index (χ0v) is 26.5. The van der Waals surface area contributed by atoms with Gasteiger partial charge in [0, 0.05) is 5.56 Å². The van der Waals surface area contributed by atoms with Crippen LogP contribution in [0.25, 0.3) is 11.8 Å². The first-order valence-corrected chi connectivity index (χ1v) is 15.2. The van der Waals surface area contributed by atoms with E-state index in [0.29, 0.717) is 44.5 Å². The fourth-order valence-electron chi connectivity index (χ4n) is 4.80. The molecule has 1 aliphatic rings. The number of esters is 1. The van der Waals surface area contributed by atoms with E-state index in [1.807, 2.05) is 79.7 Å². The van der Waals surface area contributed by atoms with E-state index < -0.39 is 12.0 Å². The molecular formula is C32H29IN2O6S. The quantitative estimate of drug-likeness (QED) is 0.182. The number of rotatable bonds is 9. The summed E-state index contributed by atoms with van der Waals surface area (Å²) in [6, 6.07) is 19.8. The van der Waals surface area contributed by atoms with Gasteiger partial charge in [-0.25, -0.2) is 9.79 Å². The minimum Gasteiger partial charge on any atom is -0.497 e. The summed E-state index contributed by atoms with van der Waals surface area (Å²) in [5.74, 6) is 1.37. The Morgan fingerprint density at radius 1 is 1.02 bits per heavy atom. The third kappa shape index (κ3) is 5.73. The first-order valence-electron chi connectivity index (χ1n) is 13.3. The fraction of sp³-hybridized carbons (Fsp3) is 0.219. The Hall–Kier alpha value is -3.90.